The molecule has 0 bridgehead atoms. The molecule has 1 rings (SSSR count). The molecule has 0 aliphatic heterocycles. The Morgan fingerprint density at radius 2 is 2.46 bits per heavy atom. The van der Waals surface area contributed by atoms with Gasteiger partial charge in [0, 0.05) is 0 Å². The molecular weight excluding hydrogens is 172 g/mol. The first-order chi connectivity index (χ1) is 6.19. The third kappa shape index (κ3) is 2.03. The van der Waals surface area contributed by atoms with Gasteiger partial charge in [0.1, 0.15) is 0 Å². The van der Waals surface area contributed by atoms with E-state index in [0.29, 0.717) is 12.2 Å². The van der Waals surface area contributed by atoms with Crippen molar-refractivity contribution in [2.24, 2.45) is 10.7 Å². The third-order valence-electron chi connectivity index (χ3n) is 1.54. The van der Waals surface area contributed by atoms with Crippen molar-refractivity contribution in [3.05, 3.63) is 5.69 Å². The highest BCUT2D eigenvalue weighted by Crippen LogP contribution is 2.13. The van der Waals surface area contributed by atoms with E-state index in [9.17, 15) is 5.11 Å². The van der Waals surface area contributed by atoms with E-state index in [4.69, 9.17) is 10.3 Å². The average Bonchev–Trinajstić information content (AvgIpc) is 2.45. The monoisotopic (exact) mass is 184 g/mol. The van der Waals surface area contributed by atoms with E-state index in [1.807, 2.05) is 6.92 Å². The zero-order chi connectivity index (χ0) is 9.84. The molecule has 6 nitrogen and oxygen atoms in total. The molecule has 0 radical (unpaired) electrons. The van der Waals surface area contributed by atoms with Crippen molar-refractivity contribution in [2.45, 2.75) is 26.9 Å². The van der Waals surface area contributed by atoms with Gasteiger partial charge in [-0.05, 0) is 24.4 Å². The Morgan fingerprint density at radius 3 is 2.92 bits per heavy atom. The van der Waals surface area contributed by atoms with E-state index >= 15 is 0 Å². The minimum absolute atomic E-state index is 0.205. The minimum atomic E-state index is -0.325. The van der Waals surface area contributed by atoms with Gasteiger partial charge in [-0.25, -0.2) is 4.99 Å². The smallest absolute Gasteiger partial charge is 0.325 e. The highest BCUT2D eigenvalue weighted by Gasteiger charge is 2.20. The molecule has 0 unspecified atom stereocenters. The fourth-order valence-corrected chi connectivity index (χ4v) is 0.970. The van der Waals surface area contributed by atoms with Crippen LogP contribution in [0.3, 0.4) is 0 Å². The maximum absolute atomic E-state index is 10.7. The minimum Gasteiger partial charge on any atom is -0.862 e. The largest absolute Gasteiger partial charge is 0.862 e. The highest BCUT2D eigenvalue weighted by atomic mass is 16.5. The van der Waals surface area contributed by atoms with Crippen LogP contribution in [0.15, 0.2) is 9.52 Å². The molecule has 1 aromatic rings. The summed E-state index contributed by atoms with van der Waals surface area (Å²) in [4.78, 5) is 3.63. The van der Waals surface area contributed by atoms with Crippen molar-refractivity contribution < 1.29 is 14.3 Å². The number of aryl methyl sites for hydroxylation is 1. The Bertz CT molecular complexity index is 314. The third-order valence-corrected chi connectivity index (χ3v) is 1.54. The average molecular weight is 184 g/mol. The van der Waals surface area contributed by atoms with E-state index < -0.39 is 0 Å². The second kappa shape index (κ2) is 3.99. The molecule has 0 amide bonds. The molecule has 0 saturated carbocycles. The summed E-state index contributed by atoms with van der Waals surface area (Å²) in [6, 6.07) is 0. The van der Waals surface area contributed by atoms with Crippen LogP contribution in [0.1, 0.15) is 19.5 Å². The maximum Gasteiger partial charge on any atom is 0.325 e. The normalized spacial score (nSPS) is 12.1. The van der Waals surface area contributed by atoms with Crippen LogP contribution in [0.5, 0.6) is 0 Å². The summed E-state index contributed by atoms with van der Waals surface area (Å²) >= 11 is 0. The SMILES string of the molecule is CC[n+]1noc(/N=C(/C)[O-])c1CN. The van der Waals surface area contributed by atoms with E-state index in [1.54, 1.807) is 4.68 Å². The van der Waals surface area contributed by atoms with Gasteiger partial charge in [0.15, 0.2) is 6.54 Å². The van der Waals surface area contributed by atoms with Crippen molar-refractivity contribution in [3.8, 4) is 0 Å². The summed E-state index contributed by atoms with van der Waals surface area (Å²) in [6.45, 7) is 4.14. The summed E-state index contributed by atoms with van der Waals surface area (Å²) in [5.41, 5.74) is 6.09. The number of aliphatic imine (C=N–C) groups is 1. The molecule has 0 fully saturated rings. The van der Waals surface area contributed by atoms with Gasteiger partial charge in [-0.3, -0.25) is 4.52 Å². The molecule has 6 heteroatoms. The molecular formula is C7H12N4O2. The zero-order valence-electron chi connectivity index (χ0n) is 7.65. The Balaban J connectivity index is 3.08. The summed E-state index contributed by atoms with van der Waals surface area (Å²) in [5.74, 6) is -0.119. The van der Waals surface area contributed by atoms with Crippen molar-refractivity contribution in [3.63, 3.8) is 0 Å². The Labute approximate surface area is 75.6 Å². The topological polar surface area (TPSA) is 91.3 Å². The molecule has 72 valence electrons. The second-order valence-electron chi connectivity index (χ2n) is 2.48. The lowest BCUT2D eigenvalue weighted by molar-refractivity contribution is -0.765. The number of nitrogens with zero attached hydrogens (tertiary/aromatic N) is 3. The summed E-state index contributed by atoms with van der Waals surface area (Å²) in [7, 11) is 0. The molecule has 13 heavy (non-hydrogen) atoms. The van der Waals surface area contributed by atoms with E-state index in [2.05, 4.69) is 10.3 Å². The summed E-state index contributed by atoms with van der Waals surface area (Å²) in [6.07, 6.45) is 0. The van der Waals surface area contributed by atoms with Crippen molar-refractivity contribution in [1.29, 1.82) is 0 Å². The molecule has 0 aliphatic carbocycles. The van der Waals surface area contributed by atoms with Crippen molar-refractivity contribution in [1.82, 2.24) is 5.27 Å². The highest BCUT2D eigenvalue weighted by molar-refractivity contribution is 5.71. The molecule has 0 atom stereocenters. The lowest BCUT2D eigenvalue weighted by Crippen LogP contribution is -2.39. The van der Waals surface area contributed by atoms with Crippen LogP contribution < -0.4 is 15.5 Å². The van der Waals surface area contributed by atoms with Gasteiger partial charge in [0.25, 0.3) is 5.69 Å². The standard InChI is InChI=1S/C7H12N4O2/c1-3-11-6(4-8)7(13-10-11)9-5(2)12/h3-4,8H2,1-2H3. The molecule has 1 heterocycles. The Hall–Kier alpha value is -1.43. The first kappa shape index (κ1) is 9.66. The Morgan fingerprint density at radius 1 is 1.77 bits per heavy atom. The maximum atomic E-state index is 10.7. The van der Waals surface area contributed by atoms with Gasteiger partial charge in [-0.15, -0.1) is 0 Å². The van der Waals surface area contributed by atoms with Crippen LogP contribution in [0.25, 0.3) is 0 Å². The van der Waals surface area contributed by atoms with Gasteiger partial charge < -0.3 is 10.8 Å². The molecule has 0 aliphatic rings. The Kier molecular flexibility index (Phi) is 2.97. The van der Waals surface area contributed by atoms with Crippen LogP contribution >= 0.6 is 0 Å². The number of rotatable bonds is 3. The zero-order valence-corrected chi connectivity index (χ0v) is 7.65. The van der Waals surface area contributed by atoms with Crippen molar-refractivity contribution >= 4 is 11.8 Å². The van der Waals surface area contributed by atoms with Gasteiger partial charge in [-0.2, -0.15) is 0 Å². The number of nitrogens with two attached hydrogens (primary N) is 1. The van der Waals surface area contributed by atoms with Gasteiger partial charge in [0.05, 0.1) is 6.54 Å². The molecule has 1 aromatic heterocycles. The quantitative estimate of drug-likeness (QED) is 0.365. The van der Waals surface area contributed by atoms with E-state index in [0.717, 1.165) is 0 Å². The van der Waals surface area contributed by atoms with Crippen LogP contribution in [-0.4, -0.2) is 11.2 Å². The fraction of sp³-hybridized carbons (Fsp3) is 0.571. The predicted octanol–water partition coefficient (Wildman–Crippen LogP) is -1.15. The number of hydrogen-bond donors (Lipinski definition) is 1. The lowest BCUT2D eigenvalue weighted by atomic mass is 10.4. The first-order valence-electron chi connectivity index (χ1n) is 4.00. The second-order valence-corrected chi connectivity index (χ2v) is 2.48. The first-order valence-corrected chi connectivity index (χ1v) is 4.00. The molecule has 0 saturated heterocycles. The van der Waals surface area contributed by atoms with Crippen LogP contribution in [0.2, 0.25) is 0 Å². The summed E-state index contributed by atoms with van der Waals surface area (Å²) < 4.78 is 6.41. The lowest BCUT2D eigenvalue weighted by Gasteiger charge is -1.97. The van der Waals surface area contributed by atoms with E-state index in [-0.39, 0.29) is 18.3 Å². The summed E-state index contributed by atoms with van der Waals surface area (Å²) in [5, 5.41) is 14.3. The van der Waals surface area contributed by atoms with Crippen LogP contribution in [0, 0.1) is 0 Å². The number of aromatic nitrogens is 2. The van der Waals surface area contributed by atoms with Gasteiger partial charge in [-0.1, -0.05) is 0 Å². The van der Waals surface area contributed by atoms with Crippen LogP contribution in [-0.2, 0) is 13.1 Å². The van der Waals surface area contributed by atoms with Crippen molar-refractivity contribution in [2.75, 3.05) is 0 Å². The molecule has 0 spiro atoms. The predicted molar refractivity (Wildman–Crippen MR) is 43.0 cm³/mol. The number of hydrogen-bond acceptors (Lipinski definition) is 5. The van der Waals surface area contributed by atoms with Gasteiger partial charge in [0.2, 0.25) is 5.27 Å². The van der Waals surface area contributed by atoms with Gasteiger partial charge >= 0.3 is 5.88 Å². The fourth-order valence-electron chi connectivity index (χ4n) is 0.970. The molecule has 2 N–H and O–H groups in total. The van der Waals surface area contributed by atoms with E-state index in [1.165, 1.54) is 6.92 Å². The molecule has 0 aromatic carbocycles. The van der Waals surface area contributed by atoms with Crippen LogP contribution in [0.4, 0.5) is 5.88 Å².